The molecule has 0 spiro atoms. The van der Waals surface area contributed by atoms with Crippen molar-refractivity contribution >= 4 is 45.4 Å². The van der Waals surface area contributed by atoms with Crippen LogP contribution < -0.4 is 10.6 Å². The molecule has 1 aliphatic heterocycles. The monoisotopic (exact) mass is 411 g/mol. The van der Waals surface area contributed by atoms with Crippen molar-refractivity contribution in [2.24, 2.45) is 0 Å². The highest BCUT2D eigenvalue weighted by molar-refractivity contribution is 9.10. The van der Waals surface area contributed by atoms with E-state index < -0.39 is 42.5 Å². The second-order valence-electron chi connectivity index (χ2n) is 5.72. The molecule has 1 heterocycles. The molecule has 0 unspecified atom stereocenters. The molecule has 25 heavy (non-hydrogen) atoms. The number of hydrogen-bond donors (Lipinski definition) is 2. The Bertz CT molecular complexity index is 706. The van der Waals surface area contributed by atoms with Crippen LogP contribution in [0.15, 0.2) is 28.7 Å². The molecule has 0 aromatic heterocycles. The first-order valence-electron chi connectivity index (χ1n) is 7.60. The highest BCUT2D eigenvalue weighted by Crippen LogP contribution is 2.20. The third-order valence-electron chi connectivity index (χ3n) is 3.83. The van der Waals surface area contributed by atoms with Gasteiger partial charge in [0.2, 0.25) is 0 Å². The van der Waals surface area contributed by atoms with Gasteiger partial charge in [0, 0.05) is 10.2 Å². The molecule has 1 aliphatic rings. The van der Waals surface area contributed by atoms with E-state index in [4.69, 9.17) is 4.74 Å². The average molecular weight is 412 g/mol. The zero-order valence-electron chi connectivity index (χ0n) is 13.8. The Kier molecular flexibility index (Phi) is 5.78. The van der Waals surface area contributed by atoms with Crippen molar-refractivity contribution in [3.8, 4) is 0 Å². The molecule has 134 valence electrons. The van der Waals surface area contributed by atoms with Gasteiger partial charge in [-0.1, -0.05) is 22.9 Å². The van der Waals surface area contributed by atoms with E-state index in [0.717, 1.165) is 9.37 Å². The summed E-state index contributed by atoms with van der Waals surface area (Å²) in [6.45, 7) is 2.30. The number of halogens is 1. The van der Waals surface area contributed by atoms with Crippen LogP contribution in [0.25, 0.3) is 0 Å². The molecule has 9 heteroatoms. The Hall–Kier alpha value is -2.42. The molecule has 1 fully saturated rings. The fourth-order valence-electron chi connectivity index (χ4n) is 2.18. The summed E-state index contributed by atoms with van der Waals surface area (Å²) in [7, 11) is 0. The minimum Gasteiger partial charge on any atom is -0.454 e. The zero-order valence-corrected chi connectivity index (χ0v) is 15.4. The Balaban J connectivity index is 1.82. The van der Waals surface area contributed by atoms with Crippen LogP contribution in [0.3, 0.4) is 0 Å². The lowest BCUT2D eigenvalue weighted by atomic mass is 9.99. The normalized spacial score (nSPS) is 19.6. The van der Waals surface area contributed by atoms with E-state index in [1.165, 1.54) is 0 Å². The van der Waals surface area contributed by atoms with E-state index in [1.807, 2.05) is 0 Å². The predicted octanol–water partition coefficient (Wildman–Crippen LogP) is 1.65. The molecule has 0 aliphatic carbocycles. The topological polar surface area (TPSA) is 105 Å². The summed E-state index contributed by atoms with van der Waals surface area (Å²) in [6, 6.07) is 6.23. The van der Waals surface area contributed by atoms with Crippen molar-refractivity contribution in [2.45, 2.75) is 25.8 Å². The molecule has 4 amide bonds. The highest BCUT2D eigenvalue weighted by Gasteiger charge is 2.47. The van der Waals surface area contributed by atoms with E-state index in [2.05, 4.69) is 26.6 Å². The van der Waals surface area contributed by atoms with Crippen LogP contribution in [0.1, 0.15) is 20.3 Å². The number of imide groups is 1. The van der Waals surface area contributed by atoms with Crippen LogP contribution in [0.2, 0.25) is 0 Å². The van der Waals surface area contributed by atoms with Crippen LogP contribution in [0.4, 0.5) is 10.5 Å². The van der Waals surface area contributed by atoms with Gasteiger partial charge >= 0.3 is 12.0 Å². The first-order chi connectivity index (χ1) is 11.7. The SMILES string of the molecule is CC[C@@]1(C)NC(=O)N(CC(=O)OCC(=O)Nc2ccc(Br)cc2)C1=O. The number of nitrogens with zero attached hydrogens (tertiary/aromatic N) is 1. The fourth-order valence-corrected chi connectivity index (χ4v) is 2.45. The highest BCUT2D eigenvalue weighted by atomic mass is 79.9. The summed E-state index contributed by atoms with van der Waals surface area (Å²) in [6.07, 6.45) is 0.402. The largest absolute Gasteiger partial charge is 0.454 e. The van der Waals surface area contributed by atoms with Crippen LogP contribution in [0, 0.1) is 0 Å². The van der Waals surface area contributed by atoms with Crippen LogP contribution >= 0.6 is 15.9 Å². The Morgan fingerprint density at radius 2 is 1.92 bits per heavy atom. The number of carbonyl (C=O) groups is 4. The molecule has 1 aromatic carbocycles. The number of carbonyl (C=O) groups excluding carboxylic acids is 4. The summed E-state index contributed by atoms with van der Waals surface area (Å²) in [5.41, 5.74) is -0.465. The number of hydrogen-bond acceptors (Lipinski definition) is 5. The molecule has 8 nitrogen and oxygen atoms in total. The van der Waals surface area contributed by atoms with Gasteiger partial charge < -0.3 is 15.4 Å². The van der Waals surface area contributed by atoms with E-state index in [-0.39, 0.29) is 0 Å². The first kappa shape index (κ1) is 18.9. The van der Waals surface area contributed by atoms with Gasteiger partial charge in [-0.05, 0) is 37.6 Å². The third-order valence-corrected chi connectivity index (χ3v) is 4.36. The van der Waals surface area contributed by atoms with Crippen molar-refractivity contribution < 1.29 is 23.9 Å². The molecule has 0 radical (unpaired) electrons. The molecule has 2 N–H and O–H groups in total. The van der Waals surface area contributed by atoms with E-state index in [0.29, 0.717) is 12.1 Å². The van der Waals surface area contributed by atoms with Gasteiger partial charge in [0.25, 0.3) is 11.8 Å². The van der Waals surface area contributed by atoms with Gasteiger partial charge in [0.1, 0.15) is 12.1 Å². The van der Waals surface area contributed by atoms with E-state index in [9.17, 15) is 19.2 Å². The maximum Gasteiger partial charge on any atom is 0.326 e. The second kappa shape index (κ2) is 7.64. The van der Waals surface area contributed by atoms with Crippen molar-refractivity contribution in [2.75, 3.05) is 18.5 Å². The summed E-state index contributed by atoms with van der Waals surface area (Å²) in [5.74, 6) is -1.85. The Morgan fingerprint density at radius 1 is 1.28 bits per heavy atom. The summed E-state index contributed by atoms with van der Waals surface area (Å²) in [4.78, 5) is 48.3. The summed E-state index contributed by atoms with van der Waals surface area (Å²) in [5, 5.41) is 5.09. The maximum atomic E-state index is 12.2. The van der Waals surface area contributed by atoms with Crippen LogP contribution in [0.5, 0.6) is 0 Å². The van der Waals surface area contributed by atoms with Gasteiger partial charge in [-0.2, -0.15) is 0 Å². The van der Waals surface area contributed by atoms with Crippen molar-refractivity contribution in [3.05, 3.63) is 28.7 Å². The number of rotatable bonds is 6. The molecule has 0 bridgehead atoms. The quantitative estimate of drug-likeness (QED) is 0.546. The Morgan fingerprint density at radius 3 is 2.48 bits per heavy atom. The molecular weight excluding hydrogens is 394 g/mol. The minimum atomic E-state index is -1.02. The minimum absolute atomic E-state index is 0.402. The van der Waals surface area contributed by atoms with Crippen LogP contribution in [-0.2, 0) is 19.1 Å². The number of ether oxygens (including phenoxy) is 1. The third kappa shape index (κ3) is 4.56. The number of nitrogens with one attached hydrogen (secondary N) is 2. The smallest absolute Gasteiger partial charge is 0.326 e. The second-order valence-corrected chi connectivity index (χ2v) is 6.64. The number of urea groups is 1. The molecule has 1 atom stereocenters. The van der Waals surface area contributed by atoms with Gasteiger partial charge in [0.05, 0.1) is 0 Å². The van der Waals surface area contributed by atoms with E-state index in [1.54, 1.807) is 38.1 Å². The maximum absolute atomic E-state index is 12.2. The standard InChI is InChI=1S/C16H18BrN3O5/c1-3-16(2)14(23)20(15(24)19-16)8-13(22)25-9-12(21)18-11-6-4-10(17)5-7-11/h4-7H,3,8-9H2,1-2H3,(H,18,21)(H,19,24)/t16-/m1/s1. The molecule has 1 aromatic rings. The van der Waals surface area contributed by atoms with Crippen molar-refractivity contribution in [1.29, 1.82) is 0 Å². The first-order valence-corrected chi connectivity index (χ1v) is 8.39. The Labute approximate surface area is 153 Å². The zero-order chi connectivity index (χ0) is 18.6. The lowest BCUT2D eigenvalue weighted by molar-refractivity contribution is -0.150. The van der Waals surface area contributed by atoms with Gasteiger partial charge in [-0.25, -0.2) is 4.79 Å². The number of anilines is 1. The molecular formula is C16H18BrN3O5. The molecule has 0 saturated carbocycles. The molecule has 2 rings (SSSR count). The lowest BCUT2D eigenvalue weighted by Crippen LogP contribution is -2.43. The molecule has 1 saturated heterocycles. The average Bonchev–Trinajstić information content (AvgIpc) is 2.79. The number of benzene rings is 1. The van der Waals surface area contributed by atoms with Crippen molar-refractivity contribution in [3.63, 3.8) is 0 Å². The van der Waals surface area contributed by atoms with Gasteiger partial charge in [-0.3, -0.25) is 19.3 Å². The van der Waals surface area contributed by atoms with Crippen LogP contribution in [-0.4, -0.2) is 47.4 Å². The number of amides is 4. The van der Waals surface area contributed by atoms with E-state index >= 15 is 0 Å². The summed E-state index contributed by atoms with van der Waals surface area (Å²) < 4.78 is 5.69. The van der Waals surface area contributed by atoms with Gasteiger partial charge in [-0.15, -0.1) is 0 Å². The lowest BCUT2D eigenvalue weighted by Gasteiger charge is -2.18. The fraction of sp³-hybridized carbons (Fsp3) is 0.375. The predicted molar refractivity (Wildman–Crippen MR) is 92.7 cm³/mol. The van der Waals surface area contributed by atoms with Gasteiger partial charge in [0.15, 0.2) is 6.61 Å². The summed E-state index contributed by atoms with van der Waals surface area (Å²) >= 11 is 3.28. The number of esters is 1. The van der Waals surface area contributed by atoms with Crippen molar-refractivity contribution in [1.82, 2.24) is 10.2 Å².